The lowest BCUT2D eigenvalue weighted by Crippen LogP contribution is -2.36. The van der Waals surface area contributed by atoms with Gasteiger partial charge in [-0.25, -0.2) is 0 Å². The van der Waals surface area contributed by atoms with E-state index in [2.05, 4.69) is 4.90 Å². The van der Waals surface area contributed by atoms with Gasteiger partial charge in [-0.05, 0) is 38.8 Å². The number of ether oxygens (including phenoxy) is 1. The smallest absolute Gasteiger partial charge is 0.320 e. The molecule has 1 unspecified atom stereocenters. The Morgan fingerprint density at radius 3 is 2.75 bits per heavy atom. The molecule has 1 rings (SSSR count). The van der Waals surface area contributed by atoms with Crippen molar-refractivity contribution in [2.75, 3.05) is 33.4 Å². The number of rotatable bonds is 6. The highest BCUT2D eigenvalue weighted by Gasteiger charge is 2.17. The van der Waals surface area contributed by atoms with Crippen molar-refractivity contribution < 1.29 is 14.6 Å². The molecular formula is C11H22N2O3. The number of hydrogen-bond donors (Lipinski definition) is 2. The molecule has 94 valence electrons. The van der Waals surface area contributed by atoms with Crippen molar-refractivity contribution in [1.82, 2.24) is 4.90 Å². The fourth-order valence-corrected chi connectivity index (χ4v) is 1.94. The predicted molar refractivity (Wildman–Crippen MR) is 61.3 cm³/mol. The monoisotopic (exact) mass is 230 g/mol. The molecule has 5 nitrogen and oxygen atoms in total. The van der Waals surface area contributed by atoms with Crippen molar-refractivity contribution in [3.8, 4) is 0 Å². The van der Waals surface area contributed by atoms with Crippen molar-refractivity contribution in [2.45, 2.75) is 25.3 Å². The molecule has 0 radical (unpaired) electrons. The van der Waals surface area contributed by atoms with Crippen molar-refractivity contribution in [3.05, 3.63) is 0 Å². The van der Waals surface area contributed by atoms with Gasteiger partial charge in [0.2, 0.25) is 0 Å². The van der Waals surface area contributed by atoms with Crippen LogP contribution in [-0.4, -0.2) is 55.4 Å². The SMILES string of the molecule is CN(CCC(N)C(=O)O)CC1CCOCC1. The van der Waals surface area contributed by atoms with Gasteiger partial charge in [-0.3, -0.25) is 4.79 Å². The standard InChI is InChI=1S/C11H22N2O3/c1-13(5-2-10(12)11(14)15)8-9-3-6-16-7-4-9/h9-10H,2-8,12H2,1H3,(H,14,15). The number of carboxylic acid groups (broad SMARTS) is 1. The van der Waals surface area contributed by atoms with E-state index >= 15 is 0 Å². The molecule has 0 aliphatic carbocycles. The maximum Gasteiger partial charge on any atom is 0.320 e. The Labute approximate surface area is 96.6 Å². The first-order valence-corrected chi connectivity index (χ1v) is 5.84. The van der Waals surface area contributed by atoms with Crippen LogP contribution in [0.3, 0.4) is 0 Å². The summed E-state index contributed by atoms with van der Waals surface area (Å²) in [6, 6.07) is -0.739. The van der Waals surface area contributed by atoms with Gasteiger partial charge in [0.05, 0.1) is 0 Å². The summed E-state index contributed by atoms with van der Waals surface area (Å²) in [6.45, 7) is 3.46. The largest absolute Gasteiger partial charge is 0.480 e. The molecule has 16 heavy (non-hydrogen) atoms. The van der Waals surface area contributed by atoms with Gasteiger partial charge in [-0.1, -0.05) is 0 Å². The van der Waals surface area contributed by atoms with E-state index in [1.807, 2.05) is 7.05 Å². The van der Waals surface area contributed by atoms with Crippen LogP contribution in [0.25, 0.3) is 0 Å². The second-order valence-corrected chi connectivity index (χ2v) is 4.55. The van der Waals surface area contributed by atoms with E-state index in [1.54, 1.807) is 0 Å². The molecule has 0 aromatic heterocycles. The van der Waals surface area contributed by atoms with Crippen LogP contribution < -0.4 is 5.73 Å². The predicted octanol–water partition coefficient (Wildman–Crippen LogP) is 0.147. The lowest BCUT2D eigenvalue weighted by atomic mass is 10.00. The topological polar surface area (TPSA) is 75.8 Å². The van der Waals surface area contributed by atoms with E-state index in [-0.39, 0.29) is 0 Å². The van der Waals surface area contributed by atoms with E-state index in [1.165, 1.54) is 0 Å². The quantitative estimate of drug-likeness (QED) is 0.679. The van der Waals surface area contributed by atoms with Crippen LogP contribution in [0.5, 0.6) is 0 Å². The third-order valence-electron chi connectivity index (χ3n) is 3.05. The molecule has 0 bridgehead atoms. The van der Waals surface area contributed by atoms with E-state index in [0.717, 1.165) is 39.1 Å². The Morgan fingerprint density at radius 2 is 2.19 bits per heavy atom. The maximum atomic E-state index is 10.5. The third-order valence-corrected chi connectivity index (χ3v) is 3.05. The lowest BCUT2D eigenvalue weighted by Gasteiger charge is -2.27. The van der Waals surface area contributed by atoms with Gasteiger partial charge < -0.3 is 20.5 Å². The van der Waals surface area contributed by atoms with Crippen molar-refractivity contribution in [1.29, 1.82) is 0 Å². The Morgan fingerprint density at radius 1 is 1.56 bits per heavy atom. The van der Waals surface area contributed by atoms with E-state index in [9.17, 15) is 4.79 Å². The van der Waals surface area contributed by atoms with Gasteiger partial charge in [-0.2, -0.15) is 0 Å². The first kappa shape index (κ1) is 13.4. The summed E-state index contributed by atoms with van der Waals surface area (Å²) in [4.78, 5) is 12.7. The number of nitrogens with two attached hydrogens (primary N) is 1. The van der Waals surface area contributed by atoms with Crippen molar-refractivity contribution >= 4 is 5.97 Å². The molecule has 0 spiro atoms. The normalized spacial score (nSPS) is 19.9. The maximum absolute atomic E-state index is 10.5. The highest BCUT2D eigenvalue weighted by molar-refractivity contribution is 5.72. The molecule has 0 aromatic carbocycles. The molecule has 1 fully saturated rings. The molecule has 1 saturated heterocycles. The Kier molecular flexibility index (Phi) is 5.73. The highest BCUT2D eigenvalue weighted by Crippen LogP contribution is 2.15. The first-order chi connectivity index (χ1) is 7.59. The second kappa shape index (κ2) is 6.83. The van der Waals surface area contributed by atoms with Crippen LogP contribution >= 0.6 is 0 Å². The summed E-state index contributed by atoms with van der Waals surface area (Å²) in [5.74, 6) is -0.237. The van der Waals surface area contributed by atoms with Crippen LogP contribution in [0.2, 0.25) is 0 Å². The molecule has 1 aliphatic heterocycles. The van der Waals surface area contributed by atoms with Gasteiger partial charge in [0.15, 0.2) is 0 Å². The van der Waals surface area contributed by atoms with Gasteiger partial charge in [0.25, 0.3) is 0 Å². The molecule has 0 aromatic rings. The number of nitrogens with zero attached hydrogens (tertiary/aromatic N) is 1. The van der Waals surface area contributed by atoms with Crippen LogP contribution in [0.1, 0.15) is 19.3 Å². The Hall–Kier alpha value is -0.650. The van der Waals surface area contributed by atoms with Crippen LogP contribution in [0.4, 0.5) is 0 Å². The summed E-state index contributed by atoms with van der Waals surface area (Å²) in [5, 5.41) is 8.66. The molecule has 0 saturated carbocycles. The lowest BCUT2D eigenvalue weighted by molar-refractivity contribution is -0.138. The number of hydrogen-bond acceptors (Lipinski definition) is 4. The fraction of sp³-hybridized carbons (Fsp3) is 0.909. The zero-order chi connectivity index (χ0) is 12.0. The van der Waals surface area contributed by atoms with Gasteiger partial charge in [-0.15, -0.1) is 0 Å². The average Bonchev–Trinajstić information content (AvgIpc) is 2.27. The zero-order valence-electron chi connectivity index (χ0n) is 9.89. The third kappa shape index (κ3) is 4.92. The zero-order valence-corrected chi connectivity index (χ0v) is 9.89. The first-order valence-electron chi connectivity index (χ1n) is 5.84. The van der Waals surface area contributed by atoms with Gasteiger partial charge in [0.1, 0.15) is 6.04 Å². The summed E-state index contributed by atoms with van der Waals surface area (Å²) in [6.07, 6.45) is 2.72. The number of carbonyl (C=O) groups is 1. The van der Waals surface area contributed by atoms with Crippen molar-refractivity contribution in [2.24, 2.45) is 11.7 Å². The van der Waals surface area contributed by atoms with Gasteiger partial charge in [0, 0.05) is 19.8 Å². The van der Waals surface area contributed by atoms with Crippen LogP contribution in [-0.2, 0) is 9.53 Å². The minimum atomic E-state index is -0.917. The molecule has 1 atom stereocenters. The summed E-state index contributed by atoms with van der Waals surface area (Å²) >= 11 is 0. The molecular weight excluding hydrogens is 208 g/mol. The Bertz CT molecular complexity index is 217. The second-order valence-electron chi connectivity index (χ2n) is 4.55. The van der Waals surface area contributed by atoms with Gasteiger partial charge >= 0.3 is 5.97 Å². The van der Waals surface area contributed by atoms with Crippen molar-refractivity contribution in [3.63, 3.8) is 0 Å². The molecule has 3 N–H and O–H groups in total. The van der Waals surface area contributed by atoms with Crippen LogP contribution in [0.15, 0.2) is 0 Å². The average molecular weight is 230 g/mol. The van der Waals surface area contributed by atoms with E-state index in [4.69, 9.17) is 15.6 Å². The van der Waals surface area contributed by atoms with E-state index in [0.29, 0.717) is 12.3 Å². The summed E-state index contributed by atoms with van der Waals surface area (Å²) in [7, 11) is 2.02. The molecule has 0 amide bonds. The Balaban J connectivity index is 2.14. The summed E-state index contributed by atoms with van der Waals surface area (Å²) in [5.41, 5.74) is 5.45. The fourth-order valence-electron chi connectivity index (χ4n) is 1.94. The molecule has 1 heterocycles. The highest BCUT2D eigenvalue weighted by atomic mass is 16.5. The summed E-state index contributed by atoms with van der Waals surface area (Å²) < 4.78 is 5.29. The van der Waals surface area contributed by atoms with E-state index < -0.39 is 12.0 Å². The van der Waals surface area contributed by atoms with Crippen LogP contribution in [0, 0.1) is 5.92 Å². The minimum absolute atomic E-state index is 0.509. The molecule has 5 heteroatoms. The molecule has 1 aliphatic rings. The number of aliphatic carboxylic acids is 1. The minimum Gasteiger partial charge on any atom is -0.480 e. The number of carboxylic acids is 1.